The number of nitrogens with zero attached hydrogens (tertiary/aromatic N) is 1. The molecule has 2 aliphatic heterocycles. The summed E-state index contributed by atoms with van der Waals surface area (Å²) in [7, 11) is -5.28. The number of benzene rings is 1. The molecule has 0 amide bonds. The van der Waals surface area contributed by atoms with Gasteiger partial charge in [-0.2, -0.15) is 17.5 Å². The highest BCUT2D eigenvalue weighted by Gasteiger charge is 2.51. The fourth-order valence-electron chi connectivity index (χ4n) is 2.98. The third kappa shape index (κ3) is 2.40. The zero-order valence-electron chi connectivity index (χ0n) is 11.1. The Morgan fingerprint density at radius 1 is 1.29 bits per heavy atom. The topological polar surface area (TPSA) is 46.6 Å². The second kappa shape index (κ2) is 4.88. The minimum absolute atomic E-state index is 0.144. The summed E-state index contributed by atoms with van der Waals surface area (Å²) >= 11 is 0. The van der Waals surface area contributed by atoms with Gasteiger partial charge in [0.15, 0.2) is 0 Å². The number of hydrogen-bond donors (Lipinski definition) is 0. The van der Waals surface area contributed by atoms with Gasteiger partial charge in [-0.3, -0.25) is 0 Å². The lowest BCUT2D eigenvalue weighted by atomic mass is 9.89. The molecule has 1 aromatic carbocycles. The number of rotatable bonds is 1. The maximum atomic E-state index is 12.7. The molecule has 1 unspecified atom stereocenters. The molecule has 0 fully saturated rings. The smallest absolute Gasteiger partial charge is 0.493 e. The number of hydrogen-bond acceptors (Lipinski definition) is 3. The normalized spacial score (nSPS) is 23.1. The van der Waals surface area contributed by atoms with Crippen molar-refractivity contribution in [2.45, 2.75) is 24.3 Å². The van der Waals surface area contributed by atoms with Crippen molar-refractivity contribution in [2.75, 3.05) is 19.7 Å². The Balaban J connectivity index is 1.99. The van der Waals surface area contributed by atoms with E-state index in [-0.39, 0.29) is 25.4 Å². The molecular formula is C13H14F3NO3S. The van der Waals surface area contributed by atoms with Crippen LogP contribution in [0.15, 0.2) is 18.2 Å². The quantitative estimate of drug-likeness (QED) is 0.797. The molecule has 0 radical (unpaired) electrons. The van der Waals surface area contributed by atoms with Gasteiger partial charge in [0.05, 0.1) is 6.61 Å². The van der Waals surface area contributed by atoms with Crippen LogP contribution in [0.1, 0.15) is 23.5 Å². The molecule has 2 heterocycles. The van der Waals surface area contributed by atoms with Crippen molar-refractivity contribution in [3.05, 3.63) is 29.3 Å². The maximum absolute atomic E-state index is 12.7. The van der Waals surface area contributed by atoms with E-state index < -0.39 is 15.5 Å². The maximum Gasteiger partial charge on any atom is 0.511 e. The van der Waals surface area contributed by atoms with Crippen molar-refractivity contribution in [1.29, 1.82) is 0 Å². The molecule has 4 nitrogen and oxygen atoms in total. The van der Waals surface area contributed by atoms with E-state index in [1.807, 2.05) is 6.07 Å². The van der Waals surface area contributed by atoms with Crippen LogP contribution in [0.4, 0.5) is 13.2 Å². The lowest BCUT2D eigenvalue weighted by Crippen LogP contribution is -2.43. The van der Waals surface area contributed by atoms with Gasteiger partial charge in [-0.05, 0) is 24.5 Å². The van der Waals surface area contributed by atoms with Crippen molar-refractivity contribution in [3.8, 4) is 5.75 Å². The SMILES string of the molecule is O=S(=O)(N1CCc2cccc3c2C(CCO3)C1)C(F)(F)F. The van der Waals surface area contributed by atoms with Crippen LogP contribution in [0.2, 0.25) is 0 Å². The molecule has 21 heavy (non-hydrogen) atoms. The third-order valence-corrected chi connectivity index (χ3v) is 5.57. The second-order valence-electron chi connectivity index (χ2n) is 5.22. The van der Waals surface area contributed by atoms with E-state index in [0.717, 1.165) is 11.1 Å². The molecule has 0 N–H and O–H groups in total. The van der Waals surface area contributed by atoms with Crippen molar-refractivity contribution >= 4 is 10.0 Å². The third-order valence-electron chi connectivity index (χ3n) is 3.98. The predicted octanol–water partition coefficient (Wildman–Crippen LogP) is 2.26. The molecule has 0 bridgehead atoms. The fraction of sp³-hybridized carbons (Fsp3) is 0.538. The molecular weight excluding hydrogens is 307 g/mol. The Morgan fingerprint density at radius 3 is 2.76 bits per heavy atom. The number of alkyl halides is 3. The molecule has 1 atom stereocenters. The largest absolute Gasteiger partial charge is 0.511 e. The minimum atomic E-state index is -5.28. The molecule has 0 saturated carbocycles. The summed E-state index contributed by atoms with van der Waals surface area (Å²) in [5.74, 6) is 0.416. The van der Waals surface area contributed by atoms with Crippen LogP contribution >= 0.6 is 0 Å². The van der Waals surface area contributed by atoms with Crippen molar-refractivity contribution in [2.24, 2.45) is 0 Å². The van der Waals surface area contributed by atoms with Crippen LogP contribution < -0.4 is 4.74 Å². The van der Waals surface area contributed by atoms with E-state index in [2.05, 4.69) is 0 Å². The van der Waals surface area contributed by atoms with Gasteiger partial charge in [-0.1, -0.05) is 12.1 Å². The first-order valence-corrected chi connectivity index (χ1v) is 8.06. The highest BCUT2D eigenvalue weighted by atomic mass is 32.2. The van der Waals surface area contributed by atoms with Crippen LogP contribution in [0, 0.1) is 0 Å². The fourth-order valence-corrected chi connectivity index (χ4v) is 3.98. The van der Waals surface area contributed by atoms with Crippen LogP contribution in [0.25, 0.3) is 0 Å². The highest BCUT2D eigenvalue weighted by molar-refractivity contribution is 7.90. The van der Waals surface area contributed by atoms with Gasteiger partial charge in [0.25, 0.3) is 0 Å². The average Bonchev–Trinajstić information content (AvgIpc) is 2.60. The first-order chi connectivity index (χ1) is 9.80. The van der Waals surface area contributed by atoms with Crippen LogP contribution in [0.5, 0.6) is 5.75 Å². The summed E-state index contributed by atoms with van der Waals surface area (Å²) < 4.78 is 67.6. The zero-order chi connectivity index (χ0) is 15.3. The van der Waals surface area contributed by atoms with Gasteiger partial charge < -0.3 is 4.74 Å². The molecule has 8 heteroatoms. The molecule has 1 aromatic rings. The Hall–Kier alpha value is -1.28. The molecule has 0 saturated heterocycles. The highest BCUT2D eigenvalue weighted by Crippen LogP contribution is 2.40. The van der Waals surface area contributed by atoms with Gasteiger partial charge in [-0.25, -0.2) is 8.42 Å². The zero-order valence-corrected chi connectivity index (χ0v) is 11.9. The summed E-state index contributed by atoms with van der Waals surface area (Å²) in [6, 6.07) is 5.38. The van der Waals surface area contributed by atoms with E-state index in [1.165, 1.54) is 0 Å². The van der Waals surface area contributed by atoms with Crippen LogP contribution in [-0.2, 0) is 16.4 Å². The van der Waals surface area contributed by atoms with E-state index in [0.29, 0.717) is 23.1 Å². The van der Waals surface area contributed by atoms with E-state index in [4.69, 9.17) is 4.74 Å². The minimum Gasteiger partial charge on any atom is -0.493 e. The summed E-state index contributed by atoms with van der Waals surface area (Å²) in [6.07, 6.45) is 0.784. The van der Waals surface area contributed by atoms with E-state index in [9.17, 15) is 21.6 Å². The molecule has 2 aliphatic rings. The number of sulfonamides is 1. The monoisotopic (exact) mass is 321 g/mol. The van der Waals surface area contributed by atoms with Gasteiger partial charge >= 0.3 is 15.5 Å². The second-order valence-corrected chi connectivity index (χ2v) is 7.15. The van der Waals surface area contributed by atoms with E-state index in [1.54, 1.807) is 12.1 Å². The Kier molecular flexibility index (Phi) is 3.40. The number of ether oxygens (including phenoxy) is 1. The van der Waals surface area contributed by atoms with Gasteiger partial charge in [0.2, 0.25) is 0 Å². The summed E-state index contributed by atoms with van der Waals surface area (Å²) in [6.45, 7) is 0.0883. The lowest BCUT2D eigenvalue weighted by molar-refractivity contribution is -0.0490. The summed E-state index contributed by atoms with van der Waals surface area (Å²) in [4.78, 5) is 0. The first-order valence-electron chi connectivity index (χ1n) is 6.61. The summed E-state index contributed by atoms with van der Waals surface area (Å²) in [5, 5.41) is 0. The molecule has 0 spiro atoms. The number of halogens is 3. The molecule has 0 aliphatic carbocycles. The van der Waals surface area contributed by atoms with Gasteiger partial charge in [-0.15, -0.1) is 0 Å². The van der Waals surface area contributed by atoms with E-state index >= 15 is 0 Å². The molecule has 3 rings (SSSR count). The van der Waals surface area contributed by atoms with Crippen molar-refractivity contribution in [1.82, 2.24) is 4.31 Å². The first kappa shape index (κ1) is 14.6. The standard InChI is InChI=1S/C13H14F3NO3S/c14-13(15,16)21(18,19)17-6-4-9-2-1-3-11-12(9)10(8-17)5-7-20-11/h1-3,10H,4-8H2. The van der Waals surface area contributed by atoms with Crippen LogP contribution in [0.3, 0.4) is 0 Å². The molecule has 0 aromatic heterocycles. The average molecular weight is 321 g/mol. The van der Waals surface area contributed by atoms with Crippen molar-refractivity contribution < 1.29 is 26.3 Å². The Labute approximate surface area is 120 Å². The van der Waals surface area contributed by atoms with Crippen LogP contribution in [-0.4, -0.2) is 37.9 Å². The van der Waals surface area contributed by atoms with Gasteiger partial charge in [0, 0.05) is 24.6 Å². The molecule has 116 valence electrons. The Bertz CT molecular complexity index is 657. The predicted molar refractivity (Wildman–Crippen MR) is 69.5 cm³/mol. The van der Waals surface area contributed by atoms with Gasteiger partial charge in [0.1, 0.15) is 5.75 Å². The van der Waals surface area contributed by atoms with Crippen molar-refractivity contribution in [3.63, 3.8) is 0 Å². The summed E-state index contributed by atoms with van der Waals surface area (Å²) in [5.41, 5.74) is -3.52. The lowest BCUT2D eigenvalue weighted by Gasteiger charge is -2.29. The Morgan fingerprint density at radius 2 is 2.05 bits per heavy atom.